The summed E-state index contributed by atoms with van der Waals surface area (Å²) >= 11 is 0.748. The standard InChI is InChI=1S/C24H22N4O5S/c29-22(26-15-13-25(14-16-26)19-9-2-1-3-10-19)17-27-23(30)21(34-24(27)31)12-6-8-18-7-4-5-11-20(18)28(32)33/h1-12H,13-17H2/b8-6-,21-12-. The van der Waals surface area contributed by atoms with E-state index in [1.807, 2.05) is 30.3 Å². The second kappa shape index (κ2) is 10.3. The minimum absolute atomic E-state index is 0.0572. The summed E-state index contributed by atoms with van der Waals surface area (Å²) in [5, 5.41) is 10.6. The molecule has 0 N–H and O–H groups in total. The monoisotopic (exact) mass is 478 g/mol. The number of imide groups is 1. The summed E-state index contributed by atoms with van der Waals surface area (Å²) in [6, 6.07) is 16.2. The van der Waals surface area contributed by atoms with Crippen LogP contribution in [0.2, 0.25) is 0 Å². The molecule has 2 fully saturated rings. The van der Waals surface area contributed by atoms with Gasteiger partial charge in [0.05, 0.1) is 15.4 Å². The third kappa shape index (κ3) is 5.18. The number of carbonyl (C=O) groups excluding carboxylic acids is 3. The smallest absolute Gasteiger partial charge is 0.294 e. The molecule has 0 saturated carbocycles. The Bertz CT molecular complexity index is 1170. The van der Waals surface area contributed by atoms with Crippen LogP contribution in [0.3, 0.4) is 0 Å². The Balaban J connectivity index is 1.35. The number of amides is 3. The summed E-state index contributed by atoms with van der Waals surface area (Å²) in [6.45, 7) is 2.07. The predicted octanol–water partition coefficient (Wildman–Crippen LogP) is 3.54. The van der Waals surface area contributed by atoms with Crippen LogP contribution in [0.4, 0.5) is 16.2 Å². The van der Waals surface area contributed by atoms with Crippen molar-refractivity contribution in [3.05, 3.63) is 87.3 Å². The van der Waals surface area contributed by atoms with Gasteiger partial charge in [-0.3, -0.25) is 29.4 Å². The van der Waals surface area contributed by atoms with E-state index >= 15 is 0 Å². The summed E-state index contributed by atoms with van der Waals surface area (Å²) in [6.07, 6.45) is 4.43. The maximum Gasteiger partial charge on any atom is 0.294 e. The molecule has 34 heavy (non-hydrogen) atoms. The molecule has 0 unspecified atom stereocenters. The number of hydrogen-bond donors (Lipinski definition) is 0. The van der Waals surface area contributed by atoms with Crippen LogP contribution in [0.1, 0.15) is 5.56 Å². The van der Waals surface area contributed by atoms with Crippen molar-refractivity contribution in [2.75, 3.05) is 37.6 Å². The van der Waals surface area contributed by atoms with Crippen LogP contribution in [0.25, 0.3) is 6.08 Å². The lowest BCUT2D eigenvalue weighted by Gasteiger charge is -2.36. The highest BCUT2D eigenvalue weighted by atomic mass is 32.2. The molecule has 4 rings (SSSR count). The van der Waals surface area contributed by atoms with Gasteiger partial charge in [-0.15, -0.1) is 0 Å². The highest BCUT2D eigenvalue weighted by Gasteiger charge is 2.37. The molecule has 2 aliphatic heterocycles. The summed E-state index contributed by atoms with van der Waals surface area (Å²) in [5.74, 6) is -0.815. The first-order chi connectivity index (χ1) is 16.4. The first-order valence-corrected chi connectivity index (χ1v) is 11.5. The van der Waals surface area contributed by atoms with Gasteiger partial charge in [-0.25, -0.2) is 0 Å². The average molecular weight is 479 g/mol. The number of nitrogens with zero attached hydrogens (tertiary/aromatic N) is 4. The number of rotatable bonds is 6. The van der Waals surface area contributed by atoms with Crippen molar-refractivity contribution in [1.29, 1.82) is 0 Å². The molecular weight excluding hydrogens is 456 g/mol. The molecule has 10 heteroatoms. The topological polar surface area (TPSA) is 104 Å². The molecular formula is C24H22N4O5S. The van der Waals surface area contributed by atoms with Crippen LogP contribution in [-0.2, 0) is 9.59 Å². The van der Waals surface area contributed by atoms with Crippen molar-refractivity contribution in [2.24, 2.45) is 0 Å². The van der Waals surface area contributed by atoms with E-state index < -0.39 is 16.1 Å². The number of para-hydroxylation sites is 2. The Morgan fingerprint density at radius 3 is 2.38 bits per heavy atom. The van der Waals surface area contributed by atoms with E-state index in [0.29, 0.717) is 31.7 Å². The molecule has 174 valence electrons. The van der Waals surface area contributed by atoms with Gasteiger partial charge in [0, 0.05) is 37.9 Å². The van der Waals surface area contributed by atoms with E-state index in [4.69, 9.17) is 0 Å². The average Bonchev–Trinajstić information content (AvgIpc) is 3.12. The molecule has 2 aliphatic rings. The van der Waals surface area contributed by atoms with Gasteiger partial charge in [0.2, 0.25) is 5.91 Å². The quantitative estimate of drug-likeness (QED) is 0.355. The Labute approximate surface area is 200 Å². The highest BCUT2D eigenvalue weighted by molar-refractivity contribution is 8.18. The number of hydrogen-bond acceptors (Lipinski definition) is 7. The first kappa shape index (κ1) is 23.2. The zero-order valence-corrected chi connectivity index (χ0v) is 19.0. The van der Waals surface area contributed by atoms with Gasteiger partial charge in [-0.2, -0.15) is 0 Å². The molecule has 2 heterocycles. The molecule has 2 aromatic carbocycles. The number of nitro groups is 1. The van der Waals surface area contributed by atoms with Crippen LogP contribution in [0, 0.1) is 10.1 Å². The summed E-state index contributed by atoms with van der Waals surface area (Å²) < 4.78 is 0. The van der Waals surface area contributed by atoms with E-state index in [2.05, 4.69) is 4.90 Å². The van der Waals surface area contributed by atoms with Crippen LogP contribution in [-0.4, -0.2) is 64.5 Å². The fourth-order valence-electron chi connectivity index (χ4n) is 3.77. The first-order valence-electron chi connectivity index (χ1n) is 10.7. The molecule has 0 aliphatic carbocycles. The van der Waals surface area contributed by atoms with Gasteiger partial charge in [0.15, 0.2) is 0 Å². The van der Waals surface area contributed by atoms with Crippen molar-refractivity contribution >= 4 is 46.3 Å². The molecule has 0 radical (unpaired) electrons. The zero-order valence-electron chi connectivity index (χ0n) is 18.2. The minimum atomic E-state index is -0.543. The summed E-state index contributed by atoms with van der Waals surface area (Å²) in [5.41, 5.74) is 1.42. The van der Waals surface area contributed by atoms with Crippen LogP contribution in [0.15, 0.2) is 71.7 Å². The number of anilines is 1. The lowest BCUT2D eigenvalue weighted by Crippen LogP contribution is -2.51. The van der Waals surface area contributed by atoms with E-state index in [-0.39, 0.29) is 23.0 Å². The van der Waals surface area contributed by atoms with E-state index in [1.165, 1.54) is 24.3 Å². The van der Waals surface area contributed by atoms with Gasteiger partial charge in [0.1, 0.15) is 6.54 Å². The Morgan fingerprint density at radius 1 is 1.00 bits per heavy atom. The molecule has 0 spiro atoms. The maximum atomic E-state index is 12.8. The summed E-state index contributed by atoms with van der Waals surface area (Å²) in [7, 11) is 0. The Hall–Kier alpha value is -3.92. The third-order valence-electron chi connectivity index (χ3n) is 5.58. The van der Waals surface area contributed by atoms with E-state index in [9.17, 15) is 24.5 Å². The highest BCUT2D eigenvalue weighted by Crippen LogP contribution is 2.31. The predicted molar refractivity (Wildman–Crippen MR) is 130 cm³/mol. The molecule has 3 amide bonds. The zero-order chi connectivity index (χ0) is 24.1. The van der Waals surface area contributed by atoms with Crippen molar-refractivity contribution < 1.29 is 19.3 Å². The number of nitro benzene ring substituents is 1. The van der Waals surface area contributed by atoms with Crippen molar-refractivity contribution in [3.8, 4) is 0 Å². The number of benzene rings is 2. The lowest BCUT2D eigenvalue weighted by molar-refractivity contribution is -0.385. The number of allylic oxidation sites excluding steroid dienone is 2. The molecule has 9 nitrogen and oxygen atoms in total. The van der Waals surface area contributed by atoms with E-state index in [0.717, 1.165) is 22.3 Å². The Morgan fingerprint density at radius 2 is 1.68 bits per heavy atom. The Kier molecular flexibility index (Phi) is 7.07. The molecule has 2 aromatic rings. The molecule has 2 saturated heterocycles. The van der Waals surface area contributed by atoms with E-state index in [1.54, 1.807) is 23.1 Å². The number of thioether (sulfide) groups is 1. The van der Waals surface area contributed by atoms with Gasteiger partial charge >= 0.3 is 0 Å². The second-order valence-electron chi connectivity index (χ2n) is 7.67. The number of piperazine rings is 1. The van der Waals surface area contributed by atoms with Crippen molar-refractivity contribution in [1.82, 2.24) is 9.80 Å². The molecule has 0 atom stereocenters. The van der Waals surface area contributed by atoms with Gasteiger partial charge in [-0.05, 0) is 42.1 Å². The lowest BCUT2D eigenvalue weighted by atomic mass is 10.1. The van der Waals surface area contributed by atoms with Crippen molar-refractivity contribution in [2.45, 2.75) is 0 Å². The van der Waals surface area contributed by atoms with Crippen LogP contribution >= 0.6 is 11.8 Å². The van der Waals surface area contributed by atoms with Crippen molar-refractivity contribution in [3.63, 3.8) is 0 Å². The SMILES string of the molecule is O=C(CN1C(=O)S/C(=C\C=C/c2ccccc2[N+](=O)[O-])C1=O)N1CCN(c2ccccc2)CC1. The second-order valence-corrected chi connectivity index (χ2v) is 8.66. The minimum Gasteiger partial charge on any atom is -0.368 e. The fourth-order valence-corrected chi connectivity index (χ4v) is 4.56. The summed E-state index contributed by atoms with van der Waals surface area (Å²) in [4.78, 5) is 53.4. The maximum absolute atomic E-state index is 12.8. The van der Waals surface area contributed by atoms with Gasteiger partial charge in [-0.1, -0.05) is 36.4 Å². The fraction of sp³-hybridized carbons (Fsp3) is 0.208. The van der Waals surface area contributed by atoms with Crippen LogP contribution in [0.5, 0.6) is 0 Å². The third-order valence-corrected chi connectivity index (χ3v) is 6.50. The molecule has 0 bridgehead atoms. The van der Waals surface area contributed by atoms with Crippen LogP contribution < -0.4 is 4.90 Å². The normalized spacial score (nSPS) is 17.8. The van der Waals surface area contributed by atoms with Gasteiger partial charge < -0.3 is 9.80 Å². The molecule has 0 aromatic heterocycles. The number of carbonyl (C=O) groups is 3. The largest absolute Gasteiger partial charge is 0.368 e. The van der Waals surface area contributed by atoms with Gasteiger partial charge in [0.25, 0.3) is 16.8 Å².